The van der Waals surface area contributed by atoms with Gasteiger partial charge in [-0.2, -0.15) is 0 Å². The molecule has 2 aromatic carbocycles. The van der Waals surface area contributed by atoms with E-state index in [0.29, 0.717) is 28.8 Å². The molecule has 23 heavy (non-hydrogen) atoms. The smallest absolute Gasteiger partial charge is 0.338 e. The number of nitrogens with zero attached hydrogens (tertiary/aromatic N) is 1. The third-order valence-electron chi connectivity index (χ3n) is 3.42. The number of fused-ring (bicyclic) bond motifs is 1. The number of para-hydroxylation sites is 1. The van der Waals surface area contributed by atoms with Crippen molar-refractivity contribution in [2.45, 2.75) is 6.92 Å². The second kappa shape index (κ2) is 6.18. The van der Waals surface area contributed by atoms with E-state index in [4.69, 9.17) is 17.0 Å². The normalized spacial score (nSPS) is 10.7. The lowest BCUT2D eigenvalue weighted by molar-refractivity contribution is 0.0526. The minimum Gasteiger partial charge on any atom is -0.462 e. The summed E-state index contributed by atoms with van der Waals surface area (Å²) < 4.78 is 6.67. The molecule has 6 heteroatoms. The molecule has 0 bridgehead atoms. The molecule has 0 fully saturated rings. The number of hydrogen-bond donors (Lipinski definition) is 1. The molecule has 1 aromatic heterocycles. The summed E-state index contributed by atoms with van der Waals surface area (Å²) in [4.78, 5) is 27.5. The van der Waals surface area contributed by atoms with E-state index in [2.05, 4.69) is 4.98 Å². The van der Waals surface area contributed by atoms with Gasteiger partial charge in [0.15, 0.2) is 4.77 Å². The highest BCUT2D eigenvalue weighted by Gasteiger charge is 2.11. The lowest BCUT2D eigenvalue weighted by Crippen LogP contribution is -2.20. The van der Waals surface area contributed by atoms with Gasteiger partial charge in [-0.3, -0.25) is 9.36 Å². The van der Waals surface area contributed by atoms with Crippen molar-refractivity contribution in [1.82, 2.24) is 9.55 Å². The second-order valence-electron chi connectivity index (χ2n) is 4.89. The quantitative estimate of drug-likeness (QED) is 0.593. The van der Waals surface area contributed by atoms with Gasteiger partial charge in [0.25, 0.3) is 5.56 Å². The van der Waals surface area contributed by atoms with Crippen LogP contribution in [0.25, 0.3) is 16.6 Å². The molecule has 1 N–H and O–H groups in total. The van der Waals surface area contributed by atoms with Crippen molar-refractivity contribution < 1.29 is 9.53 Å². The summed E-state index contributed by atoms with van der Waals surface area (Å²) in [5.74, 6) is -0.430. The Morgan fingerprint density at radius 2 is 1.96 bits per heavy atom. The summed E-state index contributed by atoms with van der Waals surface area (Å²) in [6.07, 6.45) is 0. The highest BCUT2D eigenvalue weighted by Crippen LogP contribution is 2.14. The molecule has 0 saturated carbocycles. The molecule has 5 nitrogen and oxygen atoms in total. The molecule has 0 atom stereocenters. The van der Waals surface area contributed by atoms with Gasteiger partial charge in [0, 0.05) is 0 Å². The minimum absolute atomic E-state index is 0.231. The third-order valence-corrected chi connectivity index (χ3v) is 3.71. The van der Waals surface area contributed by atoms with Crippen molar-refractivity contribution in [3.63, 3.8) is 0 Å². The Labute approximate surface area is 137 Å². The number of carbonyl (C=O) groups is 1. The van der Waals surface area contributed by atoms with Crippen molar-refractivity contribution >= 4 is 29.1 Å². The fourth-order valence-corrected chi connectivity index (χ4v) is 2.67. The lowest BCUT2D eigenvalue weighted by atomic mass is 10.1. The zero-order valence-corrected chi connectivity index (χ0v) is 13.2. The summed E-state index contributed by atoms with van der Waals surface area (Å²) in [5.41, 5.74) is 1.35. The number of aromatic nitrogens is 2. The highest BCUT2D eigenvalue weighted by molar-refractivity contribution is 7.71. The van der Waals surface area contributed by atoms with E-state index in [-0.39, 0.29) is 10.3 Å². The summed E-state index contributed by atoms with van der Waals surface area (Å²) >= 11 is 5.30. The van der Waals surface area contributed by atoms with E-state index in [1.807, 2.05) is 30.3 Å². The Hall–Kier alpha value is -2.73. The first-order valence-corrected chi connectivity index (χ1v) is 7.54. The van der Waals surface area contributed by atoms with Crippen molar-refractivity contribution in [3.8, 4) is 5.69 Å². The highest BCUT2D eigenvalue weighted by atomic mass is 32.1. The van der Waals surface area contributed by atoms with Crippen LogP contribution in [0.15, 0.2) is 53.3 Å². The van der Waals surface area contributed by atoms with Gasteiger partial charge in [-0.15, -0.1) is 0 Å². The standard InChI is InChI=1S/C17H14N2O3S/c1-2-22-16(21)11-8-9-13-14(10-11)18-17(23)19(15(13)20)12-6-4-3-5-7-12/h3-10H,2H2,1H3,(H,18,23). The number of rotatable bonds is 3. The first-order valence-electron chi connectivity index (χ1n) is 7.13. The summed E-state index contributed by atoms with van der Waals surface area (Å²) in [6.45, 7) is 2.04. The monoisotopic (exact) mass is 326 g/mol. The van der Waals surface area contributed by atoms with Gasteiger partial charge in [0.1, 0.15) is 0 Å². The van der Waals surface area contributed by atoms with Crippen LogP contribution in [-0.2, 0) is 4.74 Å². The molecule has 0 unspecified atom stereocenters. The minimum atomic E-state index is -0.430. The van der Waals surface area contributed by atoms with E-state index in [9.17, 15) is 9.59 Å². The first kappa shape index (κ1) is 15.2. The average Bonchev–Trinajstić information content (AvgIpc) is 2.55. The molecule has 1 heterocycles. The van der Waals surface area contributed by atoms with E-state index < -0.39 is 5.97 Å². The van der Waals surface area contributed by atoms with E-state index in [0.717, 1.165) is 0 Å². The number of esters is 1. The van der Waals surface area contributed by atoms with Crippen LogP contribution >= 0.6 is 12.2 Å². The summed E-state index contributed by atoms with van der Waals surface area (Å²) in [5, 5.41) is 0.454. The molecule has 0 spiro atoms. The van der Waals surface area contributed by atoms with Gasteiger partial charge in [0.2, 0.25) is 0 Å². The number of nitrogens with one attached hydrogen (secondary N) is 1. The Morgan fingerprint density at radius 3 is 2.65 bits per heavy atom. The third kappa shape index (κ3) is 2.80. The lowest BCUT2D eigenvalue weighted by Gasteiger charge is -2.09. The Morgan fingerprint density at radius 1 is 1.22 bits per heavy atom. The molecule has 116 valence electrons. The van der Waals surface area contributed by atoms with E-state index in [1.54, 1.807) is 25.1 Å². The van der Waals surface area contributed by atoms with Gasteiger partial charge < -0.3 is 9.72 Å². The molecule has 0 saturated heterocycles. The largest absolute Gasteiger partial charge is 0.462 e. The molecule has 0 aliphatic heterocycles. The first-order chi connectivity index (χ1) is 11.1. The predicted molar refractivity (Wildman–Crippen MR) is 90.7 cm³/mol. The number of ether oxygens (including phenoxy) is 1. The Kier molecular flexibility index (Phi) is 4.08. The number of H-pyrrole nitrogens is 1. The van der Waals surface area contributed by atoms with Crippen molar-refractivity contribution in [2.75, 3.05) is 6.61 Å². The maximum absolute atomic E-state index is 12.7. The fourth-order valence-electron chi connectivity index (χ4n) is 2.37. The fraction of sp³-hybridized carbons (Fsp3) is 0.118. The summed E-state index contributed by atoms with van der Waals surface area (Å²) in [6, 6.07) is 13.9. The zero-order chi connectivity index (χ0) is 16.4. The van der Waals surface area contributed by atoms with Gasteiger partial charge in [0.05, 0.1) is 28.8 Å². The van der Waals surface area contributed by atoms with Gasteiger partial charge in [-0.1, -0.05) is 18.2 Å². The Bertz CT molecular complexity index is 990. The Balaban J connectivity index is 2.22. The SMILES string of the molecule is CCOC(=O)c1ccc2c(=O)n(-c3ccccc3)c(=S)[nH]c2c1. The van der Waals surface area contributed by atoms with Crippen LogP contribution in [-0.4, -0.2) is 22.1 Å². The number of benzene rings is 2. The molecule has 0 radical (unpaired) electrons. The molecule has 0 amide bonds. The van der Waals surface area contributed by atoms with E-state index in [1.165, 1.54) is 4.57 Å². The molecule has 3 aromatic rings. The predicted octanol–water partition coefficient (Wildman–Crippen LogP) is 3.22. The van der Waals surface area contributed by atoms with Crippen LogP contribution in [0.3, 0.4) is 0 Å². The van der Waals surface area contributed by atoms with Crippen LogP contribution in [0, 0.1) is 4.77 Å². The number of aromatic amines is 1. The molecular weight excluding hydrogens is 312 g/mol. The van der Waals surface area contributed by atoms with Gasteiger partial charge in [-0.05, 0) is 49.5 Å². The van der Waals surface area contributed by atoms with Crippen LogP contribution < -0.4 is 5.56 Å². The average molecular weight is 326 g/mol. The molecule has 0 aliphatic carbocycles. The van der Waals surface area contributed by atoms with Crippen LogP contribution in [0.5, 0.6) is 0 Å². The van der Waals surface area contributed by atoms with Crippen LogP contribution in [0.4, 0.5) is 0 Å². The van der Waals surface area contributed by atoms with Crippen molar-refractivity contribution in [3.05, 3.63) is 69.2 Å². The summed E-state index contributed by atoms with van der Waals surface area (Å²) in [7, 11) is 0. The maximum Gasteiger partial charge on any atom is 0.338 e. The number of carbonyl (C=O) groups excluding carboxylic acids is 1. The van der Waals surface area contributed by atoms with Crippen molar-refractivity contribution in [1.29, 1.82) is 0 Å². The topological polar surface area (TPSA) is 64.1 Å². The van der Waals surface area contributed by atoms with Crippen molar-refractivity contribution in [2.24, 2.45) is 0 Å². The van der Waals surface area contributed by atoms with E-state index >= 15 is 0 Å². The molecule has 3 rings (SSSR count). The second-order valence-corrected chi connectivity index (χ2v) is 5.27. The van der Waals surface area contributed by atoms with Crippen LogP contribution in [0.2, 0.25) is 0 Å². The maximum atomic E-state index is 12.7. The zero-order valence-electron chi connectivity index (χ0n) is 12.4. The van der Waals surface area contributed by atoms with Gasteiger partial charge >= 0.3 is 5.97 Å². The van der Waals surface area contributed by atoms with Crippen LogP contribution in [0.1, 0.15) is 17.3 Å². The number of hydrogen-bond acceptors (Lipinski definition) is 4. The molecular formula is C17H14N2O3S. The van der Waals surface area contributed by atoms with Gasteiger partial charge in [-0.25, -0.2) is 4.79 Å². The molecule has 0 aliphatic rings.